The van der Waals surface area contributed by atoms with E-state index in [1.54, 1.807) is 32.0 Å². The van der Waals surface area contributed by atoms with Gasteiger partial charge in [0, 0.05) is 4.90 Å². The first-order valence-corrected chi connectivity index (χ1v) is 9.30. The maximum Gasteiger partial charge on any atom is 0.348 e. The number of carbonyl (C=O) groups excluding carboxylic acids is 2. The van der Waals surface area contributed by atoms with Gasteiger partial charge in [0.1, 0.15) is 4.88 Å². The number of aryl methyl sites for hydroxylation is 1. The summed E-state index contributed by atoms with van der Waals surface area (Å²) in [7, 11) is 0. The zero-order valence-corrected chi connectivity index (χ0v) is 15.3. The highest BCUT2D eigenvalue weighted by atomic mass is 35.5. The van der Waals surface area contributed by atoms with E-state index in [4.69, 9.17) is 16.3 Å². The summed E-state index contributed by atoms with van der Waals surface area (Å²) in [6.07, 6.45) is 1.93. The van der Waals surface area contributed by atoms with Crippen LogP contribution >= 0.6 is 34.7 Å². The molecule has 2 rings (SSSR count). The van der Waals surface area contributed by atoms with Gasteiger partial charge in [-0.2, -0.15) is 0 Å². The lowest BCUT2D eigenvalue weighted by atomic mass is 10.2. The van der Waals surface area contributed by atoms with Crippen molar-refractivity contribution < 1.29 is 14.3 Å². The molecular weight excluding hydrogens is 354 g/mol. The third-order valence-electron chi connectivity index (χ3n) is 3.03. The molecule has 7 heteroatoms. The van der Waals surface area contributed by atoms with Gasteiger partial charge in [-0.3, -0.25) is 4.79 Å². The molecule has 1 amide bonds. The Bertz CT molecular complexity index is 743. The summed E-state index contributed by atoms with van der Waals surface area (Å²) in [5, 5.41) is 3.76. The SMILES string of the molecule is CCOC(=O)c1sc(NC(=O)c2cc(SC)ccc2Cl)cc1C. The van der Waals surface area contributed by atoms with Gasteiger partial charge in [0.25, 0.3) is 5.91 Å². The average Bonchev–Trinajstić information content (AvgIpc) is 2.88. The molecule has 0 aliphatic rings. The Morgan fingerprint density at radius 1 is 1.35 bits per heavy atom. The highest BCUT2D eigenvalue weighted by Gasteiger charge is 2.17. The predicted octanol–water partition coefficient (Wildman–Crippen LogP) is 4.86. The van der Waals surface area contributed by atoms with Crippen LogP contribution in [0.15, 0.2) is 29.2 Å². The molecule has 23 heavy (non-hydrogen) atoms. The fourth-order valence-electron chi connectivity index (χ4n) is 1.93. The van der Waals surface area contributed by atoms with E-state index in [-0.39, 0.29) is 11.9 Å². The van der Waals surface area contributed by atoms with E-state index in [0.717, 1.165) is 10.5 Å². The van der Waals surface area contributed by atoms with Gasteiger partial charge in [0.2, 0.25) is 0 Å². The molecule has 1 aromatic carbocycles. The number of esters is 1. The maximum absolute atomic E-state index is 12.4. The van der Waals surface area contributed by atoms with Crippen LogP contribution in [-0.4, -0.2) is 24.7 Å². The second kappa shape index (κ2) is 7.86. The second-order valence-electron chi connectivity index (χ2n) is 4.64. The summed E-state index contributed by atoms with van der Waals surface area (Å²) in [6, 6.07) is 7.06. The lowest BCUT2D eigenvalue weighted by Gasteiger charge is -2.06. The van der Waals surface area contributed by atoms with Gasteiger partial charge >= 0.3 is 5.97 Å². The molecule has 1 aromatic heterocycles. The third kappa shape index (κ3) is 4.28. The van der Waals surface area contributed by atoms with Crippen molar-refractivity contribution in [3.05, 3.63) is 45.3 Å². The molecule has 0 bridgehead atoms. The van der Waals surface area contributed by atoms with Gasteiger partial charge in [0.15, 0.2) is 0 Å². The molecule has 0 saturated carbocycles. The summed E-state index contributed by atoms with van der Waals surface area (Å²) in [6.45, 7) is 3.87. The number of thioether (sulfide) groups is 1. The van der Waals surface area contributed by atoms with Crippen LogP contribution in [0, 0.1) is 6.92 Å². The number of thiophene rings is 1. The Balaban J connectivity index is 2.21. The molecule has 0 atom stereocenters. The van der Waals surface area contributed by atoms with Crippen molar-refractivity contribution in [2.75, 3.05) is 18.2 Å². The maximum atomic E-state index is 12.4. The van der Waals surface area contributed by atoms with Gasteiger partial charge < -0.3 is 10.1 Å². The summed E-state index contributed by atoms with van der Waals surface area (Å²) < 4.78 is 5.00. The molecule has 1 heterocycles. The third-order valence-corrected chi connectivity index (χ3v) is 5.22. The standard InChI is InChI=1S/C16H16ClNO3S2/c1-4-21-16(20)14-9(2)7-13(23-14)18-15(19)11-8-10(22-3)5-6-12(11)17/h5-8H,4H2,1-3H3,(H,18,19). The van der Waals surface area contributed by atoms with Crippen molar-refractivity contribution in [2.24, 2.45) is 0 Å². The van der Waals surface area contributed by atoms with E-state index >= 15 is 0 Å². The summed E-state index contributed by atoms with van der Waals surface area (Å²) in [5.41, 5.74) is 1.18. The van der Waals surface area contributed by atoms with Gasteiger partial charge in [-0.25, -0.2) is 4.79 Å². The smallest absolute Gasteiger partial charge is 0.348 e. The first kappa shape index (κ1) is 17.8. The van der Waals surface area contributed by atoms with Crippen LogP contribution in [-0.2, 0) is 4.74 Å². The van der Waals surface area contributed by atoms with Crippen LogP contribution in [0.2, 0.25) is 5.02 Å². The van der Waals surface area contributed by atoms with Gasteiger partial charge in [-0.05, 0) is 49.9 Å². The Labute approximate surface area is 148 Å². The number of carbonyl (C=O) groups is 2. The van der Waals surface area contributed by atoms with Crippen molar-refractivity contribution in [1.82, 2.24) is 0 Å². The average molecular weight is 370 g/mol. The molecule has 0 fully saturated rings. The van der Waals surface area contributed by atoms with Crippen LogP contribution in [0.5, 0.6) is 0 Å². The number of anilines is 1. The zero-order valence-electron chi connectivity index (χ0n) is 12.9. The first-order chi connectivity index (χ1) is 11.0. The first-order valence-electron chi connectivity index (χ1n) is 6.88. The van der Waals surface area contributed by atoms with Crippen molar-refractivity contribution in [3.8, 4) is 0 Å². The largest absolute Gasteiger partial charge is 0.462 e. The quantitative estimate of drug-likeness (QED) is 0.604. The number of amides is 1. The summed E-state index contributed by atoms with van der Waals surface area (Å²) in [4.78, 5) is 25.7. The van der Waals surface area contributed by atoms with Gasteiger partial charge in [-0.1, -0.05) is 11.6 Å². The summed E-state index contributed by atoms with van der Waals surface area (Å²) >= 11 is 8.83. The van der Waals surface area contributed by atoms with Crippen LogP contribution < -0.4 is 5.32 Å². The van der Waals surface area contributed by atoms with Crippen molar-refractivity contribution >= 4 is 51.6 Å². The molecule has 0 radical (unpaired) electrons. The molecule has 1 N–H and O–H groups in total. The van der Waals surface area contributed by atoms with Crippen LogP contribution in [0.25, 0.3) is 0 Å². The lowest BCUT2D eigenvalue weighted by molar-refractivity contribution is 0.0531. The fourth-order valence-corrected chi connectivity index (χ4v) is 3.53. The number of benzene rings is 1. The number of rotatable bonds is 5. The Hall–Kier alpha value is -1.50. The fraction of sp³-hybridized carbons (Fsp3) is 0.250. The molecule has 122 valence electrons. The Morgan fingerprint density at radius 3 is 2.74 bits per heavy atom. The normalized spacial score (nSPS) is 10.4. The number of ether oxygens (including phenoxy) is 1. The van der Waals surface area contributed by atoms with E-state index in [1.165, 1.54) is 23.1 Å². The van der Waals surface area contributed by atoms with E-state index in [2.05, 4.69) is 5.32 Å². The molecule has 0 spiro atoms. The highest BCUT2D eigenvalue weighted by Crippen LogP contribution is 2.29. The van der Waals surface area contributed by atoms with E-state index in [1.807, 2.05) is 12.3 Å². The van der Waals surface area contributed by atoms with E-state index in [0.29, 0.717) is 27.1 Å². The molecule has 2 aromatic rings. The van der Waals surface area contributed by atoms with Crippen LogP contribution in [0.4, 0.5) is 5.00 Å². The highest BCUT2D eigenvalue weighted by molar-refractivity contribution is 7.98. The van der Waals surface area contributed by atoms with Gasteiger partial charge in [-0.15, -0.1) is 23.1 Å². The van der Waals surface area contributed by atoms with E-state index in [9.17, 15) is 9.59 Å². The molecule has 0 unspecified atom stereocenters. The Morgan fingerprint density at radius 2 is 2.09 bits per heavy atom. The van der Waals surface area contributed by atoms with E-state index < -0.39 is 0 Å². The number of halogens is 1. The molecular formula is C16H16ClNO3S2. The molecule has 0 saturated heterocycles. The second-order valence-corrected chi connectivity index (χ2v) is 6.98. The van der Waals surface area contributed by atoms with Gasteiger partial charge in [0.05, 0.1) is 22.2 Å². The lowest BCUT2D eigenvalue weighted by Crippen LogP contribution is -2.11. The minimum atomic E-state index is -0.377. The summed E-state index contributed by atoms with van der Waals surface area (Å²) in [5.74, 6) is -0.680. The van der Waals surface area contributed by atoms with Crippen molar-refractivity contribution in [2.45, 2.75) is 18.7 Å². The zero-order chi connectivity index (χ0) is 17.0. The minimum Gasteiger partial charge on any atom is -0.462 e. The molecule has 4 nitrogen and oxygen atoms in total. The van der Waals surface area contributed by atoms with Crippen LogP contribution in [0.3, 0.4) is 0 Å². The topological polar surface area (TPSA) is 55.4 Å². The number of nitrogens with one attached hydrogen (secondary N) is 1. The van der Waals surface area contributed by atoms with Crippen molar-refractivity contribution in [3.63, 3.8) is 0 Å². The molecule has 0 aliphatic carbocycles. The monoisotopic (exact) mass is 369 g/mol. The number of hydrogen-bond acceptors (Lipinski definition) is 5. The predicted molar refractivity (Wildman–Crippen MR) is 96.2 cm³/mol. The van der Waals surface area contributed by atoms with Crippen molar-refractivity contribution in [1.29, 1.82) is 0 Å². The number of hydrogen-bond donors (Lipinski definition) is 1. The minimum absolute atomic E-state index is 0.303. The molecule has 0 aliphatic heterocycles. The van der Waals surface area contributed by atoms with Crippen LogP contribution in [0.1, 0.15) is 32.5 Å². The Kier molecular flexibility index (Phi) is 6.10.